The van der Waals surface area contributed by atoms with Gasteiger partial charge in [0.05, 0.1) is 11.2 Å². The molecule has 1 saturated heterocycles. The minimum atomic E-state index is -0.443. The lowest BCUT2D eigenvalue weighted by Gasteiger charge is -2.32. The summed E-state index contributed by atoms with van der Waals surface area (Å²) < 4.78 is 17.7. The van der Waals surface area contributed by atoms with E-state index in [0.29, 0.717) is 34.9 Å². The normalized spacial score (nSPS) is 14.0. The monoisotopic (exact) mass is 990 g/mol. The highest BCUT2D eigenvalue weighted by Gasteiger charge is 2.52. The second-order valence-corrected chi connectivity index (χ2v) is 21.2. The first-order valence-corrected chi connectivity index (χ1v) is 25.7. The van der Waals surface area contributed by atoms with Gasteiger partial charge in [0, 0.05) is 78.7 Å². The van der Waals surface area contributed by atoms with Gasteiger partial charge in [-0.3, -0.25) is 0 Å². The number of fused-ring (bicyclic) bond motifs is 6. The second kappa shape index (κ2) is 18.6. The Bertz CT molecular complexity index is 3840. The predicted molar refractivity (Wildman–Crippen MR) is 299 cm³/mol. The average molecular weight is 991 g/mol. The third-order valence-corrected chi connectivity index (χ3v) is 16.0. The smallest absolute Gasteiger partial charge is 0.399 e. The molecular weight excluding hydrogens is 947 g/mol. The van der Waals surface area contributed by atoms with Gasteiger partial charge >= 0.3 is 7.12 Å². The van der Waals surface area contributed by atoms with Crippen molar-refractivity contribution in [2.75, 3.05) is 0 Å². The lowest BCUT2D eigenvalue weighted by molar-refractivity contribution is 0.00578. The van der Waals surface area contributed by atoms with Gasteiger partial charge in [-0.15, -0.1) is 22.7 Å². The highest BCUT2D eigenvalue weighted by Crippen LogP contribution is 2.42. The number of hydrogen-bond acceptors (Lipinski definition) is 10. The first-order chi connectivity index (χ1) is 35.0. The van der Waals surface area contributed by atoms with E-state index in [1.54, 1.807) is 22.7 Å². The number of thiophene rings is 2. The summed E-state index contributed by atoms with van der Waals surface area (Å²) in [5, 5.41) is 5.26. The summed E-state index contributed by atoms with van der Waals surface area (Å²) in [6.07, 6.45) is 0. The first kappa shape index (κ1) is 45.6. The lowest BCUT2D eigenvalue weighted by Crippen LogP contribution is -2.41. The highest BCUT2D eigenvalue weighted by molar-refractivity contribution is 7.26. The summed E-state index contributed by atoms with van der Waals surface area (Å²) in [5.41, 5.74) is 5.91. The molecule has 0 N–H and O–H groups in total. The Morgan fingerprint density at radius 1 is 0.361 bits per heavy atom. The van der Waals surface area contributed by atoms with Crippen LogP contribution in [0.4, 0.5) is 0 Å². The van der Waals surface area contributed by atoms with Crippen molar-refractivity contribution in [1.29, 1.82) is 0 Å². The molecule has 4 aromatic heterocycles. The van der Waals surface area contributed by atoms with E-state index in [1.165, 1.54) is 18.8 Å². The molecule has 0 atom stereocenters. The van der Waals surface area contributed by atoms with E-state index in [2.05, 4.69) is 88.4 Å². The number of halogens is 1. The lowest BCUT2D eigenvalue weighted by atomic mass is 9.76. The van der Waals surface area contributed by atoms with Crippen LogP contribution in [0.1, 0.15) is 27.7 Å². The molecule has 1 aliphatic rings. The molecule has 0 amide bonds. The molecule has 12 aromatic rings. The molecule has 0 radical (unpaired) electrons. The van der Waals surface area contributed by atoms with Crippen LogP contribution in [0, 0.1) is 0 Å². The summed E-state index contributed by atoms with van der Waals surface area (Å²) in [6.45, 7) is 8.36. The van der Waals surface area contributed by atoms with Gasteiger partial charge < -0.3 is 9.31 Å². The zero-order chi connectivity index (χ0) is 49.0. The van der Waals surface area contributed by atoms with Crippen LogP contribution in [0.2, 0.25) is 5.02 Å². The van der Waals surface area contributed by atoms with Crippen LogP contribution < -0.4 is 5.46 Å². The van der Waals surface area contributed by atoms with E-state index in [1.807, 2.05) is 133 Å². The van der Waals surface area contributed by atoms with E-state index >= 15 is 0 Å². The van der Waals surface area contributed by atoms with Gasteiger partial charge in [-0.1, -0.05) is 151 Å². The van der Waals surface area contributed by atoms with Gasteiger partial charge in [-0.25, -0.2) is 29.9 Å². The molecule has 13 rings (SSSR count). The van der Waals surface area contributed by atoms with Crippen molar-refractivity contribution in [2.24, 2.45) is 0 Å². The molecule has 1 fully saturated rings. The van der Waals surface area contributed by atoms with E-state index in [4.69, 9.17) is 50.8 Å². The molecule has 8 nitrogen and oxygen atoms in total. The van der Waals surface area contributed by atoms with Crippen LogP contribution in [0.15, 0.2) is 194 Å². The molecule has 12 heteroatoms. The maximum Gasteiger partial charge on any atom is 0.495 e. The third-order valence-electron chi connectivity index (χ3n) is 13.4. The minimum absolute atomic E-state index is 0.413. The van der Waals surface area contributed by atoms with Crippen molar-refractivity contribution < 1.29 is 9.31 Å². The summed E-state index contributed by atoms with van der Waals surface area (Å²) >= 11 is 10.1. The molecule has 5 heterocycles. The zero-order valence-electron chi connectivity index (χ0n) is 39.7. The Hall–Kier alpha value is -7.51. The number of aromatic nitrogens is 6. The third kappa shape index (κ3) is 8.63. The summed E-state index contributed by atoms with van der Waals surface area (Å²) in [4.78, 5) is 29.2. The van der Waals surface area contributed by atoms with Crippen LogP contribution in [0.3, 0.4) is 0 Å². The Kier molecular flexibility index (Phi) is 11.8. The van der Waals surface area contributed by atoms with Crippen molar-refractivity contribution in [3.63, 3.8) is 0 Å². The number of nitrogens with zero attached hydrogens (tertiary/aromatic N) is 6. The van der Waals surface area contributed by atoms with E-state index in [9.17, 15) is 0 Å². The number of rotatable bonds is 7. The highest BCUT2D eigenvalue weighted by atomic mass is 35.5. The number of hydrogen-bond donors (Lipinski definition) is 0. The molecule has 348 valence electrons. The zero-order valence-corrected chi connectivity index (χ0v) is 42.1. The largest absolute Gasteiger partial charge is 0.495 e. The van der Waals surface area contributed by atoms with Crippen molar-refractivity contribution in [3.8, 4) is 68.3 Å². The minimum Gasteiger partial charge on any atom is -0.399 e. The van der Waals surface area contributed by atoms with Crippen molar-refractivity contribution in [3.05, 3.63) is 199 Å². The molecule has 0 aliphatic carbocycles. The van der Waals surface area contributed by atoms with E-state index in [-0.39, 0.29) is 0 Å². The van der Waals surface area contributed by atoms with Crippen molar-refractivity contribution in [2.45, 2.75) is 38.9 Å². The Balaban J connectivity index is 0.000000151. The molecular formula is C60H44BClN6O2S2. The molecule has 72 heavy (non-hydrogen) atoms. The fourth-order valence-electron chi connectivity index (χ4n) is 8.96. The number of benzene rings is 8. The van der Waals surface area contributed by atoms with Crippen LogP contribution in [0.5, 0.6) is 0 Å². The first-order valence-electron chi connectivity index (χ1n) is 23.7. The van der Waals surface area contributed by atoms with Gasteiger partial charge in [0.25, 0.3) is 0 Å². The molecule has 0 unspecified atom stereocenters. The van der Waals surface area contributed by atoms with Crippen LogP contribution in [-0.4, -0.2) is 48.2 Å². The standard InChI is InChI=1S/C33H28BN3O2S.C27H16ClN3S/c1-32(2)33(3,4)39-34(38-32)25-16-11-17-27-28(25)24-20-23(18-19-26(24)40-27)31-36-29(21-12-7-5-8-13-21)35-30(37-31)22-14-9-6-10-15-22;28-21-12-7-13-23-24(21)20-16-19(14-15-22(20)32-23)27-30-25(17-8-3-1-4-9-17)29-26(31-27)18-10-5-2-6-11-18/h5-20H,1-4H3;1-16H. The second-order valence-electron chi connectivity index (χ2n) is 18.6. The van der Waals surface area contributed by atoms with Crippen LogP contribution in [-0.2, 0) is 9.31 Å². The summed E-state index contributed by atoms with van der Waals surface area (Å²) in [5.74, 6) is 3.90. The molecule has 0 spiro atoms. The SMILES string of the molecule is CC1(C)OB(c2cccc3sc4ccc(-c5nc(-c6ccccc6)nc(-c6ccccc6)n5)cc4c23)OC1(C)C.Clc1cccc2sc3ccc(-c4nc(-c5ccccc5)nc(-c5ccccc5)n4)cc3c12. The molecule has 0 saturated carbocycles. The fourth-order valence-corrected chi connectivity index (χ4v) is 11.5. The van der Waals surface area contributed by atoms with Crippen molar-refractivity contribution in [1.82, 2.24) is 29.9 Å². The van der Waals surface area contributed by atoms with Gasteiger partial charge in [-0.05, 0) is 87.8 Å². The molecule has 1 aliphatic heterocycles. The maximum atomic E-state index is 6.55. The van der Waals surface area contributed by atoms with Gasteiger partial charge in [0.1, 0.15) is 0 Å². The van der Waals surface area contributed by atoms with E-state index in [0.717, 1.165) is 65.4 Å². The molecule has 8 aromatic carbocycles. The topological polar surface area (TPSA) is 95.8 Å². The Morgan fingerprint density at radius 3 is 1.11 bits per heavy atom. The fraction of sp³-hybridized carbons (Fsp3) is 0.100. The van der Waals surface area contributed by atoms with Gasteiger partial charge in [0.15, 0.2) is 34.9 Å². The van der Waals surface area contributed by atoms with Gasteiger partial charge in [-0.2, -0.15) is 0 Å². The maximum absolute atomic E-state index is 6.55. The summed E-state index contributed by atoms with van der Waals surface area (Å²) in [6, 6.07) is 65.3. The van der Waals surface area contributed by atoms with Crippen LogP contribution in [0.25, 0.3) is 109 Å². The summed E-state index contributed by atoms with van der Waals surface area (Å²) in [7, 11) is -0.443. The van der Waals surface area contributed by atoms with Crippen molar-refractivity contribution >= 4 is 87.2 Å². The van der Waals surface area contributed by atoms with E-state index < -0.39 is 18.3 Å². The Morgan fingerprint density at radius 2 is 0.708 bits per heavy atom. The van der Waals surface area contributed by atoms with Gasteiger partial charge in [0.2, 0.25) is 0 Å². The van der Waals surface area contributed by atoms with Crippen LogP contribution >= 0.6 is 34.3 Å². The quantitative estimate of drug-likeness (QED) is 0.146. The average Bonchev–Trinajstić information content (AvgIpc) is 4.07. The Labute approximate surface area is 430 Å². The predicted octanol–water partition coefficient (Wildman–Crippen LogP) is 15.4. The molecule has 0 bridgehead atoms.